The molecule has 6 nitrogen and oxygen atoms in total. The van der Waals surface area contributed by atoms with Crippen molar-refractivity contribution >= 4 is 46.3 Å². The topological polar surface area (TPSA) is 67.9 Å². The summed E-state index contributed by atoms with van der Waals surface area (Å²) in [5.41, 5.74) is 2.27. The zero-order valence-corrected chi connectivity index (χ0v) is 19.3. The number of hydrogen-bond acceptors (Lipinski definition) is 5. The van der Waals surface area contributed by atoms with Crippen molar-refractivity contribution in [3.05, 3.63) is 63.3 Å². The summed E-state index contributed by atoms with van der Waals surface area (Å²) < 4.78 is 11.0. The average Bonchev–Trinajstić information content (AvgIpc) is 2.92. The van der Waals surface area contributed by atoms with Gasteiger partial charge in [0.2, 0.25) is 0 Å². The molecule has 3 rings (SSSR count). The van der Waals surface area contributed by atoms with E-state index in [0.29, 0.717) is 22.0 Å². The van der Waals surface area contributed by atoms with Crippen LogP contribution in [0.2, 0.25) is 10.0 Å². The fourth-order valence-electron chi connectivity index (χ4n) is 3.27. The van der Waals surface area contributed by atoms with Crippen LogP contribution in [0.4, 0.5) is 5.69 Å². The van der Waals surface area contributed by atoms with Crippen LogP contribution in [-0.4, -0.2) is 43.1 Å². The largest absolute Gasteiger partial charge is 0.495 e. The van der Waals surface area contributed by atoms with Crippen LogP contribution in [0.1, 0.15) is 25.0 Å². The third-order valence-electron chi connectivity index (χ3n) is 4.75. The molecule has 0 radical (unpaired) electrons. The summed E-state index contributed by atoms with van der Waals surface area (Å²) in [4.78, 5) is 27.7. The van der Waals surface area contributed by atoms with Crippen LogP contribution in [0.3, 0.4) is 0 Å². The van der Waals surface area contributed by atoms with E-state index >= 15 is 0 Å². The highest BCUT2D eigenvalue weighted by Crippen LogP contribution is 2.37. The van der Waals surface area contributed by atoms with Gasteiger partial charge in [0.15, 0.2) is 0 Å². The molecule has 1 aliphatic heterocycles. The molecule has 2 aromatic carbocycles. The molecule has 0 aromatic heterocycles. The Hall–Kier alpha value is -2.54. The lowest BCUT2D eigenvalue weighted by Crippen LogP contribution is -2.35. The van der Waals surface area contributed by atoms with Crippen LogP contribution in [0.25, 0.3) is 5.57 Å². The van der Waals surface area contributed by atoms with Gasteiger partial charge in [-0.15, -0.1) is 0 Å². The Bertz CT molecular complexity index is 1050. The summed E-state index contributed by atoms with van der Waals surface area (Å²) in [6, 6.07) is 10.3. The van der Waals surface area contributed by atoms with Gasteiger partial charge in [-0.25, -0.2) is 0 Å². The van der Waals surface area contributed by atoms with Crippen molar-refractivity contribution in [2.75, 3.05) is 25.6 Å². The monoisotopic (exact) mass is 462 g/mol. The number of hydrogen-bond donors (Lipinski definition) is 1. The second-order valence-electron chi connectivity index (χ2n) is 7.38. The Labute approximate surface area is 191 Å². The minimum absolute atomic E-state index is 0.0138. The standard InChI is InChI=1S/C23H24Cl2N2O4/c1-13(2)31-10-9-27-22(28)20(16-7-6-15(24)12-17(16)25)21(23(27)29)26-18-11-14(3)5-8-19(18)30-4/h5-8,11-13,26H,9-10H2,1-4H3. The predicted molar refractivity (Wildman–Crippen MR) is 123 cm³/mol. The van der Waals surface area contributed by atoms with Crippen LogP contribution >= 0.6 is 23.2 Å². The van der Waals surface area contributed by atoms with E-state index in [-0.39, 0.29) is 35.5 Å². The number of benzene rings is 2. The van der Waals surface area contributed by atoms with Gasteiger partial charge >= 0.3 is 0 Å². The number of nitrogens with one attached hydrogen (secondary N) is 1. The summed E-state index contributed by atoms with van der Waals surface area (Å²) in [6.45, 7) is 6.06. The molecule has 0 unspecified atom stereocenters. The molecule has 0 saturated carbocycles. The summed E-state index contributed by atoms with van der Waals surface area (Å²) in [5, 5.41) is 3.82. The first-order valence-electron chi connectivity index (χ1n) is 9.82. The van der Waals surface area contributed by atoms with Crippen molar-refractivity contribution in [1.29, 1.82) is 0 Å². The first kappa shape index (κ1) is 23.1. The molecule has 0 aliphatic carbocycles. The number of carbonyl (C=O) groups is 2. The van der Waals surface area contributed by atoms with Crippen molar-refractivity contribution in [3.63, 3.8) is 0 Å². The third-order valence-corrected chi connectivity index (χ3v) is 5.30. The summed E-state index contributed by atoms with van der Waals surface area (Å²) in [6.07, 6.45) is -0.0138. The van der Waals surface area contributed by atoms with E-state index in [9.17, 15) is 9.59 Å². The molecule has 0 fully saturated rings. The molecule has 2 amide bonds. The minimum Gasteiger partial charge on any atom is -0.495 e. The Morgan fingerprint density at radius 2 is 1.81 bits per heavy atom. The number of nitrogens with zero attached hydrogens (tertiary/aromatic N) is 1. The zero-order valence-electron chi connectivity index (χ0n) is 17.8. The Morgan fingerprint density at radius 1 is 1.06 bits per heavy atom. The predicted octanol–water partition coefficient (Wildman–Crippen LogP) is 4.93. The molecule has 0 saturated heterocycles. The average molecular weight is 463 g/mol. The molecule has 8 heteroatoms. The van der Waals surface area contributed by atoms with Crippen LogP contribution in [0, 0.1) is 6.92 Å². The number of halogens is 2. The number of ether oxygens (including phenoxy) is 2. The van der Waals surface area contributed by atoms with Gasteiger partial charge in [-0.05, 0) is 50.6 Å². The molecule has 0 bridgehead atoms. The van der Waals surface area contributed by atoms with Gasteiger partial charge in [0.05, 0.1) is 42.6 Å². The highest BCUT2D eigenvalue weighted by Gasteiger charge is 2.40. The van der Waals surface area contributed by atoms with Crippen LogP contribution in [0.5, 0.6) is 5.75 Å². The highest BCUT2D eigenvalue weighted by atomic mass is 35.5. The van der Waals surface area contributed by atoms with Crippen LogP contribution in [-0.2, 0) is 14.3 Å². The van der Waals surface area contributed by atoms with E-state index in [1.54, 1.807) is 31.4 Å². The van der Waals surface area contributed by atoms with E-state index in [2.05, 4.69) is 5.32 Å². The molecule has 0 atom stereocenters. The van der Waals surface area contributed by atoms with Crippen molar-refractivity contribution in [2.45, 2.75) is 26.9 Å². The van der Waals surface area contributed by atoms with Crippen molar-refractivity contribution in [1.82, 2.24) is 4.90 Å². The highest BCUT2D eigenvalue weighted by molar-refractivity contribution is 6.41. The van der Waals surface area contributed by atoms with Crippen molar-refractivity contribution in [2.24, 2.45) is 0 Å². The molecule has 1 heterocycles. The summed E-state index contributed by atoms with van der Waals surface area (Å²) in [5.74, 6) is -0.362. The summed E-state index contributed by atoms with van der Waals surface area (Å²) in [7, 11) is 1.54. The molecule has 1 aliphatic rings. The van der Waals surface area contributed by atoms with E-state index in [0.717, 1.165) is 10.5 Å². The number of aryl methyl sites for hydroxylation is 1. The molecule has 2 aromatic rings. The third kappa shape index (κ3) is 5.03. The maximum absolute atomic E-state index is 13.3. The lowest BCUT2D eigenvalue weighted by Gasteiger charge is -2.17. The normalized spacial score (nSPS) is 14.1. The molecule has 164 valence electrons. The van der Waals surface area contributed by atoms with Crippen molar-refractivity contribution in [3.8, 4) is 5.75 Å². The zero-order chi connectivity index (χ0) is 22.7. The Kier molecular flexibility index (Phi) is 7.26. The Balaban J connectivity index is 2.06. The minimum atomic E-state index is -0.457. The van der Waals surface area contributed by atoms with Crippen molar-refractivity contribution < 1.29 is 19.1 Å². The van der Waals surface area contributed by atoms with E-state index in [1.807, 2.05) is 32.9 Å². The van der Waals surface area contributed by atoms with E-state index in [1.165, 1.54) is 0 Å². The lowest BCUT2D eigenvalue weighted by molar-refractivity contribution is -0.137. The molecule has 31 heavy (non-hydrogen) atoms. The van der Waals surface area contributed by atoms with Crippen LogP contribution in [0.15, 0.2) is 42.1 Å². The molecular weight excluding hydrogens is 439 g/mol. The fraction of sp³-hybridized carbons (Fsp3) is 0.304. The van der Waals surface area contributed by atoms with Gasteiger partial charge in [-0.1, -0.05) is 35.3 Å². The first-order chi connectivity index (χ1) is 14.7. The Morgan fingerprint density at radius 3 is 2.45 bits per heavy atom. The van der Waals surface area contributed by atoms with Crippen LogP contribution < -0.4 is 10.1 Å². The van der Waals surface area contributed by atoms with Gasteiger partial charge in [0.1, 0.15) is 11.4 Å². The smallest absolute Gasteiger partial charge is 0.278 e. The molecule has 0 spiro atoms. The fourth-order valence-corrected chi connectivity index (χ4v) is 3.77. The number of amides is 2. The van der Waals surface area contributed by atoms with Gasteiger partial charge in [0, 0.05) is 10.6 Å². The number of methoxy groups -OCH3 is 1. The number of anilines is 1. The van der Waals surface area contributed by atoms with E-state index in [4.69, 9.17) is 32.7 Å². The number of carbonyl (C=O) groups excluding carboxylic acids is 2. The summed E-state index contributed by atoms with van der Waals surface area (Å²) >= 11 is 12.4. The first-order valence-corrected chi connectivity index (χ1v) is 10.6. The second kappa shape index (κ2) is 9.73. The maximum atomic E-state index is 13.3. The second-order valence-corrected chi connectivity index (χ2v) is 8.23. The molecule has 1 N–H and O–H groups in total. The number of rotatable bonds is 8. The molecular formula is C23H24Cl2N2O4. The van der Waals surface area contributed by atoms with Gasteiger partial charge in [-0.3, -0.25) is 14.5 Å². The van der Waals surface area contributed by atoms with E-state index < -0.39 is 11.8 Å². The quantitative estimate of drug-likeness (QED) is 0.563. The SMILES string of the molecule is COc1ccc(C)cc1NC1=C(c2ccc(Cl)cc2Cl)C(=O)N(CCOC(C)C)C1=O. The maximum Gasteiger partial charge on any atom is 0.278 e. The van der Waals surface area contributed by atoms with Gasteiger partial charge < -0.3 is 14.8 Å². The number of imide groups is 1. The van der Waals surface area contributed by atoms with Gasteiger partial charge in [0.25, 0.3) is 11.8 Å². The van der Waals surface area contributed by atoms with Gasteiger partial charge in [-0.2, -0.15) is 0 Å². The lowest BCUT2D eigenvalue weighted by atomic mass is 10.0.